The molecule has 0 aliphatic carbocycles. The second-order valence-electron chi connectivity index (χ2n) is 2.80. The summed E-state index contributed by atoms with van der Waals surface area (Å²) in [5, 5.41) is 0. The van der Waals surface area contributed by atoms with Crippen molar-refractivity contribution in [3.8, 4) is 10.4 Å². The van der Waals surface area contributed by atoms with Crippen molar-refractivity contribution in [1.82, 2.24) is 3.96 Å². The Morgan fingerprint density at radius 1 is 1.23 bits per heavy atom. The van der Waals surface area contributed by atoms with E-state index in [9.17, 15) is 0 Å². The van der Waals surface area contributed by atoms with E-state index in [-0.39, 0.29) is 0 Å². The third-order valence-electron chi connectivity index (χ3n) is 1.86. The van der Waals surface area contributed by atoms with Crippen LogP contribution in [0.3, 0.4) is 0 Å². The Labute approximate surface area is 86.4 Å². The van der Waals surface area contributed by atoms with Gasteiger partial charge in [0, 0.05) is 7.05 Å². The highest BCUT2D eigenvalue weighted by atomic mass is 32.1. The maximum absolute atomic E-state index is 5.15. The first-order valence-corrected chi connectivity index (χ1v) is 5.18. The Kier molecular flexibility index (Phi) is 2.29. The summed E-state index contributed by atoms with van der Waals surface area (Å²) < 4.78 is 2.89. The fourth-order valence-corrected chi connectivity index (χ4v) is 2.31. The minimum atomic E-state index is 0.892. The van der Waals surface area contributed by atoms with Gasteiger partial charge >= 0.3 is 0 Å². The molecule has 1 aromatic heterocycles. The Hall–Kier alpha value is -0.930. The largest absolute Gasteiger partial charge is 0.291 e. The van der Waals surface area contributed by atoms with E-state index >= 15 is 0 Å². The van der Waals surface area contributed by atoms with E-state index in [1.165, 1.54) is 10.4 Å². The maximum atomic E-state index is 5.15. The lowest BCUT2D eigenvalue weighted by Gasteiger charge is -1.93. The molecule has 0 aliphatic rings. The van der Waals surface area contributed by atoms with Crippen molar-refractivity contribution in [3.05, 3.63) is 41.0 Å². The Balaban J connectivity index is 2.54. The van der Waals surface area contributed by atoms with Gasteiger partial charge in [-0.25, -0.2) is 0 Å². The smallest absolute Gasteiger partial charge is 0.116 e. The minimum Gasteiger partial charge on any atom is -0.291 e. The predicted octanol–water partition coefficient (Wildman–Crippen LogP) is 3.48. The molecule has 66 valence electrons. The topological polar surface area (TPSA) is 4.93 Å². The van der Waals surface area contributed by atoms with Gasteiger partial charge in [0.15, 0.2) is 0 Å². The summed E-state index contributed by atoms with van der Waals surface area (Å²) in [5.74, 6) is 0. The Morgan fingerprint density at radius 2 is 1.92 bits per heavy atom. The van der Waals surface area contributed by atoms with Crippen LogP contribution in [0.2, 0.25) is 0 Å². The highest BCUT2D eigenvalue weighted by molar-refractivity contribution is 7.71. The van der Waals surface area contributed by atoms with Crippen molar-refractivity contribution in [2.24, 2.45) is 7.05 Å². The lowest BCUT2D eigenvalue weighted by molar-refractivity contribution is 1.01. The highest BCUT2D eigenvalue weighted by Crippen LogP contribution is 2.24. The predicted molar refractivity (Wildman–Crippen MR) is 59.6 cm³/mol. The highest BCUT2D eigenvalue weighted by Gasteiger charge is 1.99. The number of nitrogens with zero attached hydrogens (tertiary/aromatic N) is 1. The van der Waals surface area contributed by atoms with Crippen LogP contribution < -0.4 is 0 Å². The van der Waals surface area contributed by atoms with Gasteiger partial charge in [0.05, 0.1) is 4.88 Å². The summed E-state index contributed by atoms with van der Waals surface area (Å²) in [7, 11) is 1.99. The van der Waals surface area contributed by atoms with E-state index in [1.54, 1.807) is 11.5 Å². The molecule has 1 aromatic carbocycles. The Morgan fingerprint density at radius 3 is 2.46 bits per heavy atom. The van der Waals surface area contributed by atoms with Crippen LogP contribution in [0.4, 0.5) is 0 Å². The van der Waals surface area contributed by atoms with Crippen LogP contribution in [0.25, 0.3) is 10.4 Å². The molecule has 0 amide bonds. The van der Waals surface area contributed by atoms with E-state index in [4.69, 9.17) is 12.2 Å². The van der Waals surface area contributed by atoms with Gasteiger partial charge in [-0.05, 0) is 11.6 Å². The molecule has 2 rings (SSSR count). The summed E-state index contributed by atoms with van der Waals surface area (Å²) in [5.41, 5.74) is 1.24. The van der Waals surface area contributed by atoms with Crippen molar-refractivity contribution < 1.29 is 0 Å². The molecule has 0 bridgehead atoms. The molecule has 0 radical (unpaired) electrons. The molecule has 3 heteroatoms. The van der Waals surface area contributed by atoms with Gasteiger partial charge in [-0.2, -0.15) is 0 Å². The fourth-order valence-electron chi connectivity index (χ4n) is 1.16. The fraction of sp³-hybridized carbons (Fsp3) is 0.100. The molecule has 1 heterocycles. The molecule has 1 nitrogen and oxygen atoms in total. The monoisotopic (exact) mass is 207 g/mol. The second kappa shape index (κ2) is 3.44. The zero-order valence-corrected chi connectivity index (χ0v) is 8.86. The van der Waals surface area contributed by atoms with Crippen LogP contribution >= 0.6 is 23.8 Å². The van der Waals surface area contributed by atoms with Crippen molar-refractivity contribution in [2.75, 3.05) is 0 Å². The van der Waals surface area contributed by atoms with Crippen LogP contribution in [0, 0.1) is 4.64 Å². The normalized spacial score (nSPS) is 10.2. The summed E-state index contributed by atoms with van der Waals surface area (Å²) >= 11 is 6.83. The molecule has 0 atom stereocenters. The number of rotatable bonds is 1. The molecule has 0 N–H and O–H groups in total. The number of aryl methyl sites for hydroxylation is 1. The first-order chi connectivity index (χ1) is 6.27. The molecule has 13 heavy (non-hydrogen) atoms. The quantitative estimate of drug-likeness (QED) is 0.648. The standard InChI is InChI=1S/C10H9NS2/c1-11-10(12)7-9(13-11)8-5-3-2-4-6-8/h2-7H,1H3. The Bertz CT molecular complexity index is 453. The average molecular weight is 207 g/mol. The van der Waals surface area contributed by atoms with Crippen LogP contribution in [0.5, 0.6) is 0 Å². The van der Waals surface area contributed by atoms with Crippen molar-refractivity contribution in [1.29, 1.82) is 0 Å². The second-order valence-corrected chi connectivity index (χ2v) is 4.39. The molecule has 2 aromatic rings. The van der Waals surface area contributed by atoms with E-state index in [0.717, 1.165) is 4.64 Å². The number of hydrogen-bond acceptors (Lipinski definition) is 2. The van der Waals surface area contributed by atoms with Gasteiger partial charge in [-0.15, -0.1) is 0 Å². The summed E-state index contributed by atoms with van der Waals surface area (Å²) in [6.45, 7) is 0. The van der Waals surface area contributed by atoms with E-state index in [2.05, 4.69) is 12.1 Å². The molecule has 0 saturated heterocycles. The van der Waals surface area contributed by atoms with Gasteiger partial charge in [0.1, 0.15) is 4.64 Å². The molecular weight excluding hydrogens is 198 g/mol. The van der Waals surface area contributed by atoms with Gasteiger partial charge < -0.3 is 0 Å². The third-order valence-corrected chi connectivity index (χ3v) is 3.39. The maximum Gasteiger partial charge on any atom is 0.116 e. The lowest BCUT2D eigenvalue weighted by atomic mass is 10.2. The summed E-state index contributed by atoms with van der Waals surface area (Å²) in [6.07, 6.45) is 0. The first-order valence-electron chi connectivity index (χ1n) is 4.00. The first kappa shape index (κ1) is 8.66. The molecule has 0 spiro atoms. The van der Waals surface area contributed by atoms with Crippen molar-refractivity contribution in [3.63, 3.8) is 0 Å². The molecule has 0 saturated carbocycles. The van der Waals surface area contributed by atoms with Gasteiger partial charge in [-0.1, -0.05) is 54.1 Å². The van der Waals surface area contributed by atoms with Crippen LogP contribution in [0.15, 0.2) is 36.4 Å². The number of benzene rings is 1. The molecule has 0 aliphatic heterocycles. The van der Waals surface area contributed by atoms with Crippen molar-refractivity contribution in [2.45, 2.75) is 0 Å². The lowest BCUT2D eigenvalue weighted by Crippen LogP contribution is -1.75. The SMILES string of the molecule is Cn1sc(-c2ccccc2)cc1=S. The van der Waals surface area contributed by atoms with Gasteiger partial charge in [-0.3, -0.25) is 3.96 Å². The van der Waals surface area contributed by atoms with E-state index < -0.39 is 0 Å². The van der Waals surface area contributed by atoms with Crippen LogP contribution in [0.1, 0.15) is 0 Å². The summed E-state index contributed by atoms with van der Waals surface area (Å²) in [4.78, 5) is 1.23. The van der Waals surface area contributed by atoms with E-state index in [0.29, 0.717) is 0 Å². The number of hydrogen-bond donors (Lipinski definition) is 0. The van der Waals surface area contributed by atoms with Crippen molar-refractivity contribution >= 4 is 23.8 Å². The van der Waals surface area contributed by atoms with Crippen LogP contribution in [-0.2, 0) is 7.05 Å². The van der Waals surface area contributed by atoms with Gasteiger partial charge in [0.2, 0.25) is 0 Å². The number of aromatic nitrogens is 1. The molecule has 0 fully saturated rings. The summed E-state index contributed by atoms with van der Waals surface area (Å²) in [6, 6.07) is 12.3. The zero-order valence-electron chi connectivity index (χ0n) is 7.23. The average Bonchev–Trinajstić information content (AvgIpc) is 2.49. The molecular formula is C10H9NS2. The minimum absolute atomic E-state index is 0.892. The third kappa shape index (κ3) is 1.71. The molecule has 0 unspecified atom stereocenters. The van der Waals surface area contributed by atoms with Gasteiger partial charge in [0.25, 0.3) is 0 Å². The van der Waals surface area contributed by atoms with E-state index in [1.807, 2.05) is 35.3 Å². The zero-order chi connectivity index (χ0) is 9.26. The van der Waals surface area contributed by atoms with Crippen LogP contribution in [-0.4, -0.2) is 3.96 Å².